The molecule has 3 nitrogen and oxygen atoms in total. The summed E-state index contributed by atoms with van der Waals surface area (Å²) in [5.74, 6) is -0.775. The van der Waals surface area contributed by atoms with Gasteiger partial charge in [0.15, 0.2) is 0 Å². The highest BCUT2D eigenvalue weighted by Crippen LogP contribution is 2.10. The zero-order chi connectivity index (χ0) is 9.68. The van der Waals surface area contributed by atoms with E-state index in [1.165, 1.54) is 6.92 Å². The van der Waals surface area contributed by atoms with Crippen LogP contribution in [0.25, 0.3) is 0 Å². The second-order valence-electron chi connectivity index (χ2n) is 2.58. The Hall–Kier alpha value is -1.82. The second-order valence-corrected chi connectivity index (χ2v) is 2.58. The van der Waals surface area contributed by atoms with E-state index in [0.717, 1.165) is 0 Å². The van der Waals surface area contributed by atoms with E-state index in [-0.39, 0.29) is 0 Å². The molecule has 0 aromatic heterocycles. The molecule has 0 fully saturated rings. The summed E-state index contributed by atoms with van der Waals surface area (Å²) in [4.78, 5) is 11.1. The lowest BCUT2D eigenvalue weighted by Crippen LogP contribution is -2.15. The van der Waals surface area contributed by atoms with Crippen LogP contribution in [0.15, 0.2) is 30.3 Å². The van der Waals surface area contributed by atoms with Crippen molar-refractivity contribution >= 4 is 5.97 Å². The van der Waals surface area contributed by atoms with Gasteiger partial charge in [0.1, 0.15) is 11.7 Å². The molecule has 1 aromatic rings. The maximum Gasteiger partial charge on any atom is 0.328 e. The van der Waals surface area contributed by atoms with Crippen molar-refractivity contribution in [3.63, 3.8) is 0 Å². The lowest BCUT2D eigenvalue weighted by atomic mass is 10.2. The molecule has 0 radical (unpaired) electrons. The molecular formula is C10H9NO2. The van der Waals surface area contributed by atoms with Crippen molar-refractivity contribution in [1.82, 2.24) is 0 Å². The Morgan fingerprint density at radius 3 is 2.62 bits per heavy atom. The fraction of sp³-hybridized carbons (Fsp3) is 0.200. The minimum Gasteiger partial charge on any atom is -0.426 e. The maximum absolute atomic E-state index is 11.1. The van der Waals surface area contributed by atoms with Crippen LogP contribution in [0.2, 0.25) is 0 Å². The first kappa shape index (κ1) is 9.27. The van der Waals surface area contributed by atoms with Gasteiger partial charge in [0.2, 0.25) is 0 Å². The van der Waals surface area contributed by atoms with Gasteiger partial charge in [0.25, 0.3) is 0 Å². The molecule has 66 valence electrons. The number of benzene rings is 1. The first-order valence-corrected chi connectivity index (χ1v) is 3.90. The second kappa shape index (κ2) is 4.27. The number of carbonyl (C=O) groups excluding carboxylic acids is 1. The van der Waals surface area contributed by atoms with Crippen LogP contribution in [0, 0.1) is 17.2 Å². The molecule has 0 bridgehead atoms. The van der Waals surface area contributed by atoms with Crippen molar-refractivity contribution in [1.29, 1.82) is 5.26 Å². The number of nitriles is 1. The molecule has 0 aliphatic rings. The zero-order valence-electron chi connectivity index (χ0n) is 7.23. The summed E-state index contributed by atoms with van der Waals surface area (Å²) in [7, 11) is 0. The van der Waals surface area contributed by atoms with Gasteiger partial charge in [-0.05, 0) is 19.1 Å². The van der Waals surface area contributed by atoms with E-state index in [4.69, 9.17) is 10.00 Å². The smallest absolute Gasteiger partial charge is 0.328 e. The van der Waals surface area contributed by atoms with E-state index < -0.39 is 11.9 Å². The molecule has 1 aromatic carbocycles. The number of ether oxygens (including phenoxy) is 1. The van der Waals surface area contributed by atoms with E-state index in [9.17, 15) is 4.79 Å². The van der Waals surface area contributed by atoms with Gasteiger partial charge < -0.3 is 4.74 Å². The van der Waals surface area contributed by atoms with Crippen LogP contribution < -0.4 is 4.74 Å². The first-order valence-electron chi connectivity index (χ1n) is 3.90. The lowest BCUT2D eigenvalue weighted by molar-refractivity contribution is -0.136. The number of hydrogen-bond donors (Lipinski definition) is 0. The van der Waals surface area contributed by atoms with Crippen molar-refractivity contribution in [2.75, 3.05) is 0 Å². The van der Waals surface area contributed by atoms with Gasteiger partial charge in [-0.2, -0.15) is 5.26 Å². The predicted molar refractivity (Wildman–Crippen MR) is 46.9 cm³/mol. The highest BCUT2D eigenvalue weighted by Gasteiger charge is 2.13. The Bertz CT molecular complexity index is 327. The Labute approximate surface area is 76.6 Å². The van der Waals surface area contributed by atoms with Crippen LogP contribution in [0.3, 0.4) is 0 Å². The maximum atomic E-state index is 11.1. The monoisotopic (exact) mass is 175 g/mol. The van der Waals surface area contributed by atoms with Crippen LogP contribution in [-0.2, 0) is 4.79 Å². The standard InChI is InChI=1S/C10H9NO2/c1-8(7-11)10(12)13-9-5-3-2-4-6-9/h2-6,8H,1H3. The van der Waals surface area contributed by atoms with E-state index in [2.05, 4.69) is 0 Å². The van der Waals surface area contributed by atoms with E-state index in [1.54, 1.807) is 24.3 Å². The van der Waals surface area contributed by atoms with Crippen LogP contribution in [0.1, 0.15) is 6.92 Å². The molecule has 13 heavy (non-hydrogen) atoms. The molecule has 1 unspecified atom stereocenters. The van der Waals surface area contributed by atoms with Gasteiger partial charge in [0, 0.05) is 0 Å². The minimum absolute atomic E-state index is 0.467. The van der Waals surface area contributed by atoms with Crippen molar-refractivity contribution < 1.29 is 9.53 Å². The number of hydrogen-bond acceptors (Lipinski definition) is 3. The van der Waals surface area contributed by atoms with Gasteiger partial charge in [0.05, 0.1) is 6.07 Å². The molecule has 0 amide bonds. The molecule has 0 aliphatic heterocycles. The summed E-state index contributed by atoms with van der Waals surface area (Å²) in [6.07, 6.45) is 0. The third-order valence-corrected chi connectivity index (χ3v) is 1.51. The van der Waals surface area contributed by atoms with Crippen molar-refractivity contribution in [2.24, 2.45) is 5.92 Å². The molecule has 0 saturated heterocycles. The Morgan fingerprint density at radius 2 is 2.08 bits per heavy atom. The molecule has 1 rings (SSSR count). The van der Waals surface area contributed by atoms with Gasteiger partial charge in [-0.1, -0.05) is 18.2 Å². The summed E-state index contributed by atoms with van der Waals surface area (Å²) in [6, 6.07) is 10.5. The number of rotatable bonds is 2. The SMILES string of the molecule is CC(C#N)C(=O)Oc1ccccc1. The molecule has 0 spiro atoms. The Balaban J connectivity index is 2.62. The topological polar surface area (TPSA) is 50.1 Å². The molecule has 1 atom stereocenters. The number of para-hydroxylation sites is 1. The van der Waals surface area contributed by atoms with E-state index in [1.807, 2.05) is 12.1 Å². The van der Waals surface area contributed by atoms with Crippen molar-refractivity contribution in [3.8, 4) is 11.8 Å². The van der Waals surface area contributed by atoms with Crippen molar-refractivity contribution in [2.45, 2.75) is 6.92 Å². The molecule has 0 N–H and O–H groups in total. The number of esters is 1. The largest absolute Gasteiger partial charge is 0.426 e. The Morgan fingerprint density at radius 1 is 1.46 bits per heavy atom. The van der Waals surface area contributed by atoms with Gasteiger partial charge in [-0.15, -0.1) is 0 Å². The van der Waals surface area contributed by atoms with E-state index >= 15 is 0 Å². The average Bonchev–Trinajstić information content (AvgIpc) is 2.18. The lowest BCUT2D eigenvalue weighted by Gasteiger charge is -2.03. The summed E-state index contributed by atoms with van der Waals surface area (Å²) < 4.78 is 4.91. The Kier molecular flexibility index (Phi) is 3.04. The summed E-state index contributed by atoms with van der Waals surface area (Å²) in [5.41, 5.74) is 0. The summed E-state index contributed by atoms with van der Waals surface area (Å²) in [6.45, 7) is 1.51. The molecule has 3 heteroatoms. The van der Waals surface area contributed by atoms with Gasteiger partial charge in [-0.3, -0.25) is 4.79 Å². The van der Waals surface area contributed by atoms with Crippen LogP contribution in [0.5, 0.6) is 5.75 Å². The first-order chi connectivity index (χ1) is 6.24. The fourth-order valence-corrected chi connectivity index (χ4v) is 0.746. The fourth-order valence-electron chi connectivity index (χ4n) is 0.746. The third-order valence-electron chi connectivity index (χ3n) is 1.51. The normalized spacial score (nSPS) is 11.4. The van der Waals surface area contributed by atoms with Gasteiger partial charge in [-0.25, -0.2) is 0 Å². The molecule has 0 aliphatic carbocycles. The minimum atomic E-state index is -0.722. The number of nitrogens with zero attached hydrogens (tertiary/aromatic N) is 1. The average molecular weight is 175 g/mol. The zero-order valence-corrected chi connectivity index (χ0v) is 7.23. The molecule has 0 heterocycles. The van der Waals surface area contributed by atoms with E-state index in [0.29, 0.717) is 5.75 Å². The molecular weight excluding hydrogens is 166 g/mol. The quantitative estimate of drug-likeness (QED) is 0.508. The number of carbonyl (C=O) groups is 1. The van der Waals surface area contributed by atoms with Crippen LogP contribution in [-0.4, -0.2) is 5.97 Å². The molecule has 0 saturated carbocycles. The van der Waals surface area contributed by atoms with Crippen LogP contribution in [0.4, 0.5) is 0 Å². The summed E-state index contributed by atoms with van der Waals surface area (Å²) in [5, 5.41) is 8.43. The van der Waals surface area contributed by atoms with Crippen LogP contribution >= 0.6 is 0 Å². The predicted octanol–water partition coefficient (Wildman–Crippen LogP) is 1.75. The summed E-state index contributed by atoms with van der Waals surface area (Å²) >= 11 is 0. The third kappa shape index (κ3) is 2.60. The van der Waals surface area contributed by atoms with Gasteiger partial charge >= 0.3 is 5.97 Å². The highest BCUT2D eigenvalue weighted by atomic mass is 16.5. The van der Waals surface area contributed by atoms with Crippen molar-refractivity contribution in [3.05, 3.63) is 30.3 Å². The highest BCUT2D eigenvalue weighted by molar-refractivity contribution is 5.77.